The van der Waals surface area contributed by atoms with Gasteiger partial charge in [-0.2, -0.15) is 0 Å². The normalized spacial score (nSPS) is 36.7. The summed E-state index contributed by atoms with van der Waals surface area (Å²) in [7, 11) is 0. The summed E-state index contributed by atoms with van der Waals surface area (Å²) in [6.45, 7) is 0. The van der Waals surface area contributed by atoms with Crippen molar-refractivity contribution in [3.8, 4) is 0 Å². The maximum atomic E-state index is 15.3. The van der Waals surface area contributed by atoms with Gasteiger partial charge < -0.3 is 0 Å². The van der Waals surface area contributed by atoms with Crippen molar-refractivity contribution in [3.05, 3.63) is 91.0 Å². The number of benzene rings is 3. The SMILES string of the molecule is O=C([O][Sb]([O]C(=O)C12CC3CC(CC(C3)C1)C2)([c]1ccccc1)([c]1ccccc1)[c]1ccccc1)C12CC3CC(CC(C3)C1)C2. The van der Waals surface area contributed by atoms with Gasteiger partial charge in [0.2, 0.25) is 0 Å². The van der Waals surface area contributed by atoms with Crippen molar-refractivity contribution in [1.82, 2.24) is 0 Å². The molecule has 45 heavy (non-hydrogen) atoms. The Bertz CT molecular complexity index is 1380. The molecule has 0 aliphatic heterocycles. The molecule has 8 bridgehead atoms. The Labute approximate surface area is 269 Å². The molecule has 0 heterocycles. The Balaban J connectivity index is 1.27. The average molecular weight is 712 g/mol. The van der Waals surface area contributed by atoms with E-state index in [0.717, 1.165) is 49.1 Å². The molecule has 8 saturated carbocycles. The van der Waals surface area contributed by atoms with Crippen LogP contribution in [0, 0.1) is 46.3 Å². The van der Waals surface area contributed by atoms with Gasteiger partial charge in [-0.05, 0) is 0 Å². The van der Waals surface area contributed by atoms with Crippen molar-refractivity contribution >= 4 is 40.7 Å². The molecule has 3 aromatic rings. The predicted octanol–water partition coefficient (Wildman–Crippen LogP) is 6.62. The first kappa shape index (κ1) is 28.6. The third-order valence-corrected chi connectivity index (χ3v) is 26.7. The Morgan fingerprint density at radius 3 is 0.933 bits per heavy atom. The monoisotopic (exact) mass is 710 g/mol. The van der Waals surface area contributed by atoms with Gasteiger partial charge in [-0.3, -0.25) is 0 Å². The Kier molecular flexibility index (Phi) is 6.49. The zero-order valence-corrected chi connectivity index (χ0v) is 28.7. The van der Waals surface area contributed by atoms with E-state index in [1.807, 2.05) is 54.6 Å². The predicted molar refractivity (Wildman–Crippen MR) is 177 cm³/mol. The van der Waals surface area contributed by atoms with Crippen LogP contribution in [0.1, 0.15) is 77.0 Å². The van der Waals surface area contributed by atoms with Gasteiger partial charge in [0.15, 0.2) is 0 Å². The number of hydrogen-bond acceptors (Lipinski definition) is 4. The first-order valence-corrected chi connectivity index (χ1v) is 23.5. The van der Waals surface area contributed by atoms with E-state index in [0.29, 0.717) is 35.5 Å². The number of hydrogen-bond donors (Lipinski definition) is 0. The molecule has 0 spiro atoms. The van der Waals surface area contributed by atoms with Crippen LogP contribution in [0.2, 0.25) is 0 Å². The summed E-state index contributed by atoms with van der Waals surface area (Å²) >= 11 is -5.90. The van der Waals surface area contributed by atoms with Crippen LogP contribution < -0.4 is 10.5 Å². The van der Waals surface area contributed by atoms with E-state index in [-0.39, 0.29) is 11.9 Å². The second-order valence-electron chi connectivity index (χ2n) is 16.1. The van der Waals surface area contributed by atoms with E-state index in [1.165, 1.54) is 38.5 Å². The summed E-state index contributed by atoms with van der Waals surface area (Å²) in [5, 5.41) is 0. The van der Waals surface area contributed by atoms with Crippen molar-refractivity contribution in [3.63, 3.8) is 0 Å². The van der Waals surface area contributed by atoms with Gasteiger partial charge in [0, 0.05) is 0 Å². The van der Waals surface area contributed by atoms with E-state index in [9.17, 15) is 0 Å². The van der Waals surface area contributed by atoms with Crippen LogP contribution in [0.3, 0.4) is 0 Å². The van der Waals surface area contributed by atoms with Crippen LogP contribution in [0.15, 0.2) is 91.0 Å². The van der Waals surface area contributed by atoms with E-state index < -0.39 is 29.1 Å². The number of carbonyl (C=O) groups excluding carboxylic acids is 2. The Hall–Kier alpha value is -2.58. The summed E-state index contributed by atoms with van der Waals surface area (Å²) in [4.78, 5) is 30.6. The van der Waals surface area contributed by atoms with Gasteiger partial charge in [-0.15, -0.1) is 0 Å². The first-order chi connectivity index (χ1) is 21.9. The molecule has 8 aliphatic carbocycles. The van der Waals surface area contributed by atoms with Gasteiger partial charge >= 0.3 is 271 Å². The second kappa shape index (κ2) is 10.2. The van der Waals surface area contributed by atoms with Crippen LogP contribution in [0.25, 0.3) is 0 Å². The summed E-state index contributed by atoms with van der Waals surface area (Å²) in [5.74, 6) is 3.38. The van der Waals surface area contributed by atoms with E-state index >= 15 is 9.59 Å². The van der Waals surface area contributed by atoms with Crippen molar-refractivity contribution in [2.45, 2.75) is 77.0 Å². The van der Waals surface area contributed by atoms with Crippen molar-refractivity contribution < 1.29 is 15.6 Å². The zero-order valence-electron chi connectivity index (χ0n) is 26.2. The molecule has 8 fully saturated rings. The molecule has 0 unspecified atom stereocenters. The molecule has 0 amide bonds. The van der Waals surface area contributed by atoms with Crippen LogP contribution in [0.4, 0.5) is 0 Å². The zero-order chi connectivity index (χ0) is 30.3. The van der Waals surface area contributed by atoms with Crippen molar-refractivity contribution in [1.29, 1.82) is 0 Å². The third-order valence-electron chi connectivity index (χ3n) is 13.1. The van der Waals surface area contributed by atoms with E-state index in [1.54, 1.807) is 0 Å². The number of carbonyl (C=O) groups is 2. The van der Waals surface area contributed by atoms with E-state index in [2.05, 4.69) is 36.4 Å². The van der Waals surface area contributed by atoms with Crippen LogP contribution >= 0.6 is 0 Å². The van der Waals surface area contributed by atoms with Gasteiger partial charge in [0.05, 0.1) is 0 Å². The van der Waals surface area contributed by atoms with E-state index in [4.69, 9.17) is 6.03 Å². The summed E-state index contributed by atoms with van der Waals surface area (Å²) in [6, 6.07) is 30.5. The Morgan fingerprint density at radius 1 is 0.444 bits per heavy atom. The first-order valence-electron chi connectivity index (χ1n) is 17.6. The molecular weight excluding hydrogens is 666 g/mol. The molecule has 0 N–H and O–H groups in total. The van der Waals surface area contributed by atoms with Gasteiger partial charge in [-0.1, -0.05) is 0 Å². The number of rotatable bonds is 7. The van der Waals surface area contributed by atoms with Gasteiger partial charge in [0.1, 0.15) is 0 Å². The molecule has 234 valence electrons. The molecule has 0 saturated heterocycles. The third kappa shape index (κ3) is 4.22. The Morgan fingerprint density at radius 2 is 0.689 bits per heavy atom. The quantitative estimate of drug-likeness (QED) is 0.259. The van der Waals surface area contributed by atoms with Crippen LogP contribution in [0.5, 0.6) is 0 Å². The summed E-state index contributed by atoms with van der Waals surface area (Å²) in [5.41, 5.74) is -0.986. The van der Waals surface area contributed by atoms with Crippen LogP contribution in [-0.2, 0) is 15.6 Å². The van der Waals surface area contributed by atoms with Gasteiger partial charge in [0.25, 0.3) is 0 Å². The molecule has 8 aliphatic rings. The minimum atomic E-state index is -5.90. The fourth-order valence-corrected chi connectivity index (χ4v) is 25.6. The molecule has 0 aromatic heterocycles. The van der Waals surface area contributed by atoms with Gasteiger partial charge in [-0.25, -0.2) is 0 Å². The molecule has 0 atom stereocenters. The second-order valence-corrected chi connectivity index (χ2v) is 27.0. The molecule has 3 aromatic carbocycles. The minimum absolute atomic E-state index is 0.113. The molecule has 0 radical (unpaired) electrons. The molecule has 5 heteroatoms. The molecule has 4 nitrogen and oxygen atoms in total. The fourth-order valence-electron chi connectivity index (χ4n) is 12.1. The maximum absolute atomic E-state index is 15.3. The fraction of sp³-hybridized carbons (Fsp3) is 0.500. The molecule has 11 rings (SSSR count). The van der Waals surface area contributed by atoms with Crippen molar-refractivity contribution in [2.24, 2.45) is 46.3 Å². The summed E-state index contributed by atoms with van der Waals surface area (Å²) < 4.78 is 17.6. The average Bonchev–Trinajstić information content (AvgIpc) is 3.04. The van der Waals surface area contributed by atoms with Crippen LogP contribution in [-0.4, -0.2) is 30.2 Å². The topological polar surface area (TPSA) is 52.6 Å². The molecular formula is C40H45O4Sb. The standard InChI is InChI=1S/2C11H16O2.3C6H5.Sb/c2*12-10(13)11-4-7-1-8(5-11)3-9(2-7)6-11;3*1-2-4-6-5-3-1;/h2*7-9H,1-6H2,(H,12,13);3*1-5H;/q;;;;;+2/p-2. The van der Waals surface area contributed by atoms with Crippen molar-refractivity contribution in [2.75, 3.05) is 0 Å². The summed E-state index contributed by atoms with van der Waals surface area (Å²) in [6.07, 6.45) is 12.9.